The number of anilines is 2. The van der Waals surface area contributed by atoms with Gasteiger partial charge in [-0.3, -0.25) is 4.79 Å². The van der Waals surface area contributed by atoms with E-state index in [2.05, 4.69) is 69.8 Å². The molecule has 5 nitrogen and oxygen atoms in total. The number of amides is 1. The Bertz CT molecular complexity index is 1530. The van der Waals surface area contributed by atoms with Crippen molar-refractivity contribution in [1.82, 2.24) is 9.88 Å². The number of nitrogens with one attached hydrogen (secondary N) is 1. The first-order valence-corrected chi connectivity index (χ1v) is 12.6. The van der Waals surface area contributed by atoms with Gasteiger partial charge < -0.3 is 15.1 Å². The van der Waals surface area contributed by atoms with Crippen molar-refractivity contribution >= 4 is 28.2 Å². The number of rotatable bonds is 5. The molecule has 0 radical (unpaired) electrons. The summed E-state index contributed by atoms with van der Waals surface area (Å²) < 4.78 is 0. The van der Waals surface area contributed by atoms with E-state index in [-0.39, 0.29) is 5.91 Å². The van der Waals surface area contributed by atoms with Crippen LogP contribution in [-0.4, -0.2) is 35.5 Å². The fourth-order valence-electron chi connectivity index (χ4n) is 5.04. The average molecular weight is 485 g/mol. The van der Waals surface area contributed by atoms with E-state index in [1.807, 2.05) is 59.5 Å². The van der Waals surface area contributed by atoms with Crippen LogP contribution in [-0.2, 0) is 6.54 Å². The minimum atomic E-state index is 0.0624. The van der Waals surface area contributed by atoms with Crippen molar-refractivity contribution in [2.45, 2.75) is 6.54 Å². The molecule has 0 saturated carbocycles. The van der Waals surface area contributed by atoms with E-state index in [9.17, 15) is 4.79 Å². The van der Waals surface area contributed by atoms with E-state index >= 15 is 0 Å². The van der Waals surface area contributed by atoms with Gasteiger partial charge in [0.2, 0.25) is 0 Å². The van der Waals surface area contributed by atoms with Gasteiger partial charge in [0.25, 0.3) is 5.91 Å². The highest BCUT2D eigenvalue weighted by Gasteiger charge is 2.25. The molecular formula is C32H28N4O. The lowest BCUT2D eigenvalue weighted by Crippen LogP contribution is -2.37. The average Bonchev–Trinajstić information content (AvgIpc) is 3.15. The van der Waals surface area contributed by atoms with Crippen LogP contribution in [0.15, 0.2) is 115 Å². The highest BCUT2D eigenvalue weighted by molar-refractivity contribution is 6.07. The van der Waals surface area contributed by atoms with Gasteiger partial charge >= 0.3 is 0 Å². The summed E-state index contributed by atoms with van der Waals surface area (Å²) in [6, 6.07) is 36.9. The Balaban J connectivity index is 1.35. The van der Waals surface area contributed by atoms with E-state index in [0.717, 1.165) is 39.0 Å². The maximum Gasteiger partial charge on any atom is 0.254 e. The Hall–Kier alpha value is -4.64. The van der Waals surface area contributed by atoms with Gasteiger partial charge in [-0.2, -0.15) is 0 Å². The smallest absolute Gasteiger partial charge is 0.254 e. The summed E-state index contributed by atoms with van der Waals surface area (Å²) in [7, 11) is 0. The first-order valence-electron chi connectivity index (χ1n) is 12.6. The van der Waals surface area contributed by atoms with Gasteiger partial charge in [0.05, 0.1) is 6.67 Å². The van der Waals surface area contributed by atoms with Gasteiger partial charge in [0.1, 0.15) is 5.82 Å². The number of carbonyl (C=O) groups is 1. The van der Waals surface area contributed by atoms with Gasteiger partial charge in [-0.15, -0.1) is 0 Å². The number of fused-ring (bicyclic) bond motifs is 2. The molecule has 0 unspecified atom stereocenters. The number of hydrogen-bond donors (Lipinski definition) is 1. The molecule has 1 N–H and O–H groups in total. The number of benzene rings is 4. The van der Waals surface area contributed by atoms with Gasteiger partial charge in [0.15, 0.2) is 0 Å². The van der Waals surface area contributed by atoms with Crippen LogP contribution in [0.4, 0.5) is 11.5 Å². The number of pyridine rings is 1. The van der Waals surface area contributed by atoms with Crippen LogP contribution < -0.4 is 10.2 Å². The fraction of sp³-hybridized carbons (Fsp3) is 0.125. The van der Waals surface area contributed by atoms with Crippen molar-refractivity contribution < 1.29 is 4.79 Å². The minimum absolute atomic E-state index is 0.0624. The highest BCUT2D eigenvalue weighted by Crippen LogP contribution is 2.31. The SMILES string of the molecule is O=C(c1cccc2ccccc12)N1CCN(CNc2ccccn2)c2ccc(-c3ccccc3)cc2C1. The molecule has 0 atom stereocenters. The van der Waals surface area contributed by atoms with E-state index in [4.69, 9.17) is 0 Å². The third kappa shape index (κ3) is 4.76. The Morgan fingerprint density at radius 3 is 2.46 bits per heavy atom. The van der Waals surface area contributed by atoms with Crippen molar-refractivity contribution in [3.05, 3.63) is 127 Å². The number of carbonyl (C=O) groups excluding carboxylic acids is 1. The maximum absolute atomic E-state index is 13.9. The fourth-order valence-corrected chi connectivity index (χ4v) is 5.04. The number of nitrogens with zero attached hydrogens (tertiary/aromatic N) is 3. The van der Waals surface area contributed by atoms with E-state index < -0.39 is 0 Å². The lowest BCUT2D eigenvalue weighted by molar-refractivity contribution is 0.0753. The van der Waals surface area contributed by atoms with E-state index in [1.54, 1.807) is 6.20 Å². The first-order chi connectivity index (χ1) is 18.3. The van der Waals surface area contributed by atoms with Crippen molar-refractivity contribution in [3.63, 3.8) is 0 Å². The van der Waals surface area contributed by atoms with Gasteiger partial charge in [0, 0.05) is 37.1 Å². The second kappa shape index (κ2) is 10.2. The van der Waals surface area contributed by atoms with Gasteiger partial charge in [-0.1, -0.05) is 78.9 Å². The van der Waals surface area contributed by atoms with E-state index in [0.29, 0.717) is 26.3 Å². The van der Waals surface area contributed by atoms with Crippen LogP contribution >= 0.6 is 0 Å². The molecule has 0 bridgehead atoms. The molecule has 5 aromatic rings. The Kier molecular flexibility index (Phi) is 6.26. The van der Waals surface area contributed by atoms with Gasteiger partial charge in [-0.25, -0.2) is 4.98 Å². The standard InChI is InChI=1S/C32H28N4O/c37-32(29-14-8-12-25-11-4-5-13-28(25)29)35-19-20-36(23-34-31-15-6-7-18-33-31)30-17-16-26(21-27(30)22-35)24-9-2-1-3-10-24/h1-18,21H,19-20,22-23H2,(H,33,34). The molecule has 1 amide bonds. The number of aromatic nitrogens is 1. The minimum Gasteiger partial charge on any atom is -0.353 e. The van der Waals surface area contributed by atoms with Crippen LogP contribution in [0.2, 0.25) is 0 Å². The predicted molar refractivity (Wildman–Crippen MR) is 151 cm³/mol. The molecule has 1 aliphatic heterocycles. The quantitative estimate of drug-likeness (QED) is 0.312. The summed E-state index contributed by atoms with van der Waals surface area (Å²) in [4.78, 5) is 22.6. The van der Waals surface area contributed by atoms with Crippen LogP contribution in [0.5, 0.6) is 0 Å². The summed E-state index contributed by atoms with van der Waals surface area (Å²) in [6.07, 6.45) is 1.79. The largest absolute Gasteiger partial charge is 0.353 e. The molecule has 2 heterocycles. The summed E-state index contributed by atoms with van der Waals surface area (Å²) in [5, 5.41) is 5.51. The highest BCUT2D eigenvalue weighted by atomic mass is 16.2. The Morgan fingerprint density at radius 1 is 0.784 bits per heavy atom. The zero-order chi connectivity index (χ0) is 25.0. The Labute approximate surface area is 217 Å². The van der Waals surface area contributed by atoms with Crippen molar-refractivity contribution in [2.24, 2.45) is 0 Å². The summed E-state index contributed by atoms with van der Waals surface area (Å²) in [5.74, 6) is 0.894. The third-order valence-corrected chi connectivity index (χ3v) is 6.95. The van der Waals surface area contributed by atoms with Crippen LogP contribution in [0.1, 0.15) is 15.9 Å². The topological polar surface area (TPSA) is 48.5 Å². The molecule has 37 heavy (non-hydrogen) atoms. The lowest BCUT2D eigenvalue weighted by atomic mass is 10.0. The first kappa shape index (κ1) is 22.8. The molecule has 0 spiro atoms. The third-order valence-electron chi connectivity index (χ3n) is 6.95. The summed E-state index contributed by atoms with van der Waals surface area (Å²) >= 11 is 0. The maximum atomic E-state index is 13.9. The Morgan fingerprint density at radius 2 is 1.59 bits per heavy atom. The molecule has 182 valence electrons. The molecule has 0 saturated heterocycles. The molecule has 0 aliphatic carbocycles. The van der Waals surface area contributed by atoms with Crippen molar-refractivity contribution in [1.29, 1.82) is 0 Å². The molecule has 4 aromatic carbocycles. The zero-order valence-corrected chi connectivity index (χ0v) is 20.5. The summed E-state index contributed by atoms with van der Waals surface area (Å²) in [6.45, 7) is 2.50. The zero-order valence-electron chi connectivity index (χ0n) is 20.5. The van der Waals surface area contributed by atoms with E-state index in [1.165, 1.54) is 5.56 Å². The molecular weight excluding hydrogens is 456 g/mol. The predicted octanol–water partition coefficient (Wildman–Crippen LogP) is 6.43. The summed E-state index contributed by atoms with van der Waals surface area (Å²) in [5.41, 5.74) is 5.33. The molecule has 1 aliphatic rings. The lowest BCUT2D eigenvalue weighted by Gasteiger charge is -2.25. The number of hydrogen-bond acceptors (Lipinski definition) is 4. The van der Waals surface area contributed by atoms with Crippen molar-refractivity contribution in [3.8, 4) is 11.1 Å². The molecule has 6 rings (SSSR count). The normalized spacial score (nSPS) is 13.2. The van der Waals surface area contributed by atoms with Crippen LogP contribution in [0, 0.1) is 0 Å². The van der Waals surface area contributed by atoms with Crippen LogP contribution in [0.3, 0.4) is 0 Å². The van der Waals surface area contributed by atoms with Crippen molar-refractivity contribution in [2.75, 3.05) is 30.0 Å². The molecule has 5 heteroatoms. The second-order valence-electron chi connectivity index (χ2n) is 9.28. The second-order valence-corrected chi connectivity index (χ2v) is 9.28. The van der Waals surface area contributed by atoms with Gasteiger partial charge in [-0.05, 0) is 57.8 Å². The van der Waals surface area contributed by atoms with Crippen LogP contribution in [0.25, 0.3) is 21.9 Å². The monoisotopic (exact) mass is 484 g/mol. The molecule has 1 aromatic heterocycles. The molecule has 0 fully saturated rings.